The van der Waals surface area contributed by atoms with Gasteiger partial charge in [0.1, 0.15) is 0 Å². The predicted octanol–water partition coefficient (Wildman–Crippen LogP) is 1.22. The minimum Gasteiger partial charge on any atom is -0.481 e. The molecule has 0 radical (unpaired) electrons. The van der Waals surface area contributed by atoms with Crippen molar-refractivity contribution in [2.24, 2.45) is 5.41 Å². The van der Waals surface area contributed by atoms with E-state index in [2.05, 4.69) is 5.32 Å². The number of aliphatic carboxylic acids is 1. The number of carbonyl (C=O) groups is 2. The topological polar surface area (TPSA) is 66.4 Å². The summed E-state index contributed by atoms with van der Waals surface area (Å²) in [6, 6.07) is 0. The largest absolute Gasteiger partial charge is 0.481 e. The molecule has 0 aliphatic heterocycles. The molecule has 1 aliphatic carbocycles. The van der Waals surface area contributed by atoms with Crippen LogP contribution in [0, 0.1) is 5.41 Å². The molecule has 0 saturated heterocycles. The molecular formula is C8H10F3NO3S. The highest BCUT2D eigenvalue weighted by Gasteiger charge is 2.50. The third kappa shape index (κ3) is 3.92. The van der Waals surface area contributed by atoms with E-state index < -0.39 is 40.3 Å². The summed E-state index contributed by atoms with van der Waals surface area (Å²) in [5, 5.41) is 10.9. The van der Waals surface area contributed by atoms with Crippen molar-refractivity contribution < 1.29 is 27.9 Å². The van der Waals surface area contributed by atoms with Gasteiger partial charge in [-0.2, -0.15) is 13.2 Å². The van der Waals surface area contributed by atoms with Gasteiger partial charge in [-0.3, -0.25) is 9.59 Å². The van der Waals surface area contributed by atoms with Gasteiger partial charge in [0, 0.05) is 6.54 Å². The Balaban J connectivity index is 2.24. The Bertz CT molecular complexity index is 301. The van der Waals surface area contributed by atoms with E-state index in [0.717, 1.165) is 0 Å². The number of hydrogen-bond acceptors (Lipinski definition) is 3. The Hall–Kier alpha value is -0.920. The quantitative estimate of drug-likeness (QED) is 0.777. The Morgan fingerprint density at radius 3 is 2.31 bits per heavy atom. The SMILES string of the molecule is O=C(CSC(F)(F)F)NCC1(C(=O)O)CC1. The van der Waals surface area contributed by atoms with E-state index in [0.29, 0.717) is 12.8 Å². The molecule has 0 bridgehead atoms. The molecule has 0 aromatic rings. The zero-order chi connectivity index (χ0) is 12.4. The van der Waals surface area contributed by atoms with Gasteiger partial charge in [-0.1, -0.05) is 0 Å². The summed E-state index contributed by atoms with van der Waals surface area (Å²) in [5.74, 6) is -2.55. The second-order valence-corrected chi connectivity index (χ2v) is 4.64. The number of carbonyl (C=O) groups excluding carboxylic acids is 1. The lowest BCUT2D eigenvalue weighted by Crippen LogP contribution is -2.35. The zero-order valence-corrected chi connectivity index (χ0v) is 8.95. The lowest BCUT2D eigenvalue weighted by Gasteiger charge is -2.11. The van der Waals surface area contributed by atoms with Gasteiger partial charge in [-0.05, 0) is 24.6 Å². The molecule has 0 aromatic heterocycles. The van der Waals surface area contributed by atoms with Crippen LogP contribution in [0.5, 0.6) is 0 Å². The summed E-state index contributed by atoms with van der Waals surface area (Å²) in [5.41, 5.74) is -5.39. The highest BCUT2D eigenvalue weighted by Crippen LogP contribution is 2.45. The maximum Gasteiger partial charge on any atom is 0.442 e. The van der Waals surface area contributed by atoms with Gasteiger partial charge in [-0.15, -0.1) is 0 Å². The normalized spacial score (nSPS) is 17.9. The first-order valence-corrected chi connectivity index (χ1v) is 5.44. The highest BCUT2D eigenvalue weighted by molar-refractivity contribution is 8.00. The van der Waals surface area contributed by atoms with Gasteiger partial charge in [-0.25, -0.2) is 0 Å². The van der Waals surface area contributed by atoms with E-state index in [4.69, 9.17) is 5.11 Å². The van der Waals surface area contributed by atoms with Gasteiger partial charge in [0.25, 0.3) is 0 Å². The minimum absolute atomic E-state index is 0.0976. The number of nitrogens with one attached hydrogen (secondary N) is 1. The van der Waals surface area contributed by atoms with Crippen LogP contribution in [0.25, 0.3) is 0 Å². The van der Waals surface area contributed by atoms with Crippen molar-refractivity contribution in [2.45, 2.75) is 18.3 Å². The molecule has 0 aromatic carbocycles. The molecule has 1 saturated carbocycles. The Morgan fingerprint density at radius 1 is 1.38 bits per heavy atom. The van der Waals surface area contributed by atoms with Crippen LogP contribution in [0.3, 0.4) is 0 Å². The number of rotatable bonds is 5. The van der Waals surface area contributed by atoms with Crippen molar-refractivity contribution in [1.29, 1.82) is 0 Å². The molecule has 0 unspecified atom stereocenters. The number of carboxylic acid groups (broad SMARTS) is 1. The van der Waals surface area contributed by atoms with Crippen LogP contribution in [0.15, 0.2) is 0 Å². The molecule has 1 rings (SSSR count). The van der Waals surface area contributed by atoms with Crippen molar-refractivity contribution in [2.75, 3.05) is 12.3 Å². The Morgan fingerprint density at radius 2 is 1.94 bits per heavy atom. The Labute approximate surface area is 93.6 Å². The zero-order valence-electron chi connectivity index (χ0n) is 8.13. The minimum atomic E-state index is -4.44. The van der Waals surface area contributed by atoms with E-state index in [-0.39, 0.29) is 6.54 Å². The van der Waals surface area contributed by atoms with E-state index >= 15 is 0 Å². The predicted molar refractivity (Wildman–Crippen MR) is 50.8 cm³/mol. The first-order chi connectivity index (χ1) is 7.25. The molecule has 16 heavy (non-hydrogen) atoms. The van der Waals surface area contributed by atoms with Crippen LogP contribution in [-0.4, -0.2) is 34.8 Å². The maximum atomic E-state index is 11.7. The van der Waals surface area contributed by atoms with Gasteiger partial charge < -0.3 is 10.4 Å². The summed E-state index contributed by atoms with van der Waals surface area (Å²) in [4.78, 5) is 21.6. The number of halogens is 3. The molecule has 0 heterocycles. The Kier molecular flexibility index (Phi) is 3.72. The molecule has 0 atom stereocenters. The number of thioether (sulfide) groups is 1. The first-order valence-electron chi connectivity index (χ1n) is 4.46. The van der Waals surface area contributed by atoms with Crippen molar-refractivity contribution >= 4 is 23.6 Å². The number of carboxylic acids is 1. The van der Waals surface area contributed by atoms with Crippen LogP contribution >= 0.6 is 11.8 Å². The smallest absolute Gasteiger partial charge is 0.442 e. The molecule has 2 N–H and O–H groups in total. The van der Waals surface area contributed by atoms with Crippen LogP contribution in [-0.2, 0) is 9.59 Å². The molecular weight excluding hydrogens is 247 g/mol. The van der Waals surface area contributed by atoms with Crippen LogP contribution < -0.4 is 5.32 Å². The number of hydrogen-bond donors (Lipinski definition) is 2. The third-order valence-corrected chi connectivity index (χ3v) is 3.03. The summed E-state index contributed by atoms with van der Waals surface area (Å²) < 4.78 is 35.2. The average Bonchev–Trinajstić information content (AvgIpc) is 2.91. The molecule has 0 spiro atoms. The van der Waals surface area contributed by atoms with E-state index in [9.17, 15) is 22.8 Å². The van der Waals surface area contributed by atoms with Crippen LogP contribution in [0.1, 0.15) is 12.8 Å². The molecule has 92 valence electrons. The highest BCUT2D eigenvalue weighted by atomic mass is 32.2. The fraction of sp³-hybridized carbons (Fsp3) is 0.750. The van der Waals surface area contributed by atoms with Crippen molar-refractivity contribution in [3.63, 3.8) is 0 Å². The maximum absolute atomic E-state index is 11.7. The molecule has 1 fully saturated rings. The van der Waals surface area contributed by atoms with Crippen molar-refractivity contribution in [1.82, 2.24) is 5.32 Å². The fourth-order valence-corrected chi connectivity index (χ4v) is 1.48. The molecule has 1 aliphatic rings. The van der Waals surface area contributed by atoms with Crippen molar-refractivity contribution in [3.05, 3.63) is 0 Å². The van der Waals surface area contributed by atoms with Gasteiger partial charge >= 0.3 is 11.5 Å². The second kappa shape index (κ2) is 4.52. The second-order valence-electron chi connectivity index (χ2n) is 3.60. The number of alkyl halides is 3. The van der Waals surface area contributed by atoms with E-state index in [1.807, 2.05) is 0 Å². The summed E-state index contributed by atoms with van der Waals surface area (Å²) in [6.07, 6.45) is 0.907. The summed E-state index contributed by atoms with van der Waals surface area (Å²) >= 11 is -0.438. The third-order valence-electron chi connectivity index (χ3n) is 2.30. The van der Waals surface area contributed by atoms with Gasteiger partial charge in [0.05, 0.1) is 11.2 Å². The molecule has 4 nitrogen and oxygen atoms in total. The fourth-order valence-electron chi connectivity index (χ4n) is 1.08. The standard InChI is InChI=1S/C8H10F3NO3S/c9-8(10,11)16-3-5(13)12-4-7(1-2-7)6(14)15/h1-4H2,(H,12,13)(H,14,15). The molecule has 8 heteroatoms. The van der Waals surface area contributed by atoms with E-state index in [1.165, 1.54) is 0 Å². The van der Waals surface area contributed by atoms with E-state index in [1.54, 1.807) is 0 Å². The first kappa shape index (κ1) is 13.1. The monoisotopic (exact) mass is 257 g/mol. The molecule has 1 amide bonds. The average molecular weight is 257 g/mol. The number of amides is 1. The summed E-state index contributed by atoms with van der Waals surface area (Å²) in [6.45, 7) is -0.0976. The summed E-state index contributed by atoms with van der Waals surface area (Å²) in [7, 11) is 0. The van der Waals surface area contributed by atoms with Gasteiger partial charge in [0.15, 0.2) is 0 Å². The van der Waals surface area contributed by atoms with Crippen LogP contribution in [0.4, 0.5) is 13.2 Å². The van der Waals surface area contributed by atoms with Gasteiger partial charge in [0.2, 0.25) is 5.91 Å². The van der Waals surface area contributed by atoms with Crippen LogP contribution in [0.2, 0.25) is 0 Å². The van der Waals surface area contributed by atoms with Crippen molar-refractivity contribution in [3.8, 4) is 0 Å². The lowest BCUT2D eigenvalue weighted by molar-refractivity contribution is -0.143. The lowest BCUT2D eigenvalue weighted by atomic mass is 10.1.